The van der Waals surface area contributed by atoms with Crippen LogP contribution in [0.15, 0.2) is 134 Å². The average Bonchev–Trinajstić information content (AvgIpc) is 3.06. The van der Waals surface area contributed by atoms with Crippen molar-refractivity contribution in [2.45, 2.75) is 35.7 Å². The van der Waals surface area contributed by atoms with Gasteiger partial charge in [-0.1, -0.05) is 0 Å². The van der Waals surface area contributed by atoms with Gasteiger partial charge in [0.05, 0.1) is 0 Å². The van der Waals surface area contributed by atoms with Gasteiger partial charge in [0.15, 0.2) is 0 Å². The van der Waals surface area contributed by atoms with Crippen LogP contribution in [0.3, 0.4) is 0 Å². The first kappa shape index (κ1) is 30.8. The van der Waals surface area contributed by atoms with E-state index in [1.807, 2.05) is 72.8 Å². The fourth-order valence-corrected chi connectivity index (χ4v) is 8.92. The molecule has 0 amide bonds. The van der Waals surface area contributed by atoms with Crippen molar-refractivity contribution in [2.75, 3.05) is 13.2 Å². The van der Waals surface area contributed by atoms with Crippen LogP contribution in [0.5, 0.6) is 11.5 Å². The number of phosphoric acid groups is 1. The molecule has 2 heterocycles. The second-order valence-electron chi connectivity index (χ2n) is 10.1. The van der Waals surface area contributed by atoms with Crippen molar-refractivity contribution in [3.63, 3.8) is 0 Å². The second kappa shape index (κ2) is 14.7. The molecule has 4 aromatic rings. The van der Waals surface area contributed by atoms with Gasteiger partial charge in [-0.25, -0.2) is 0 Å². The summed E-state index contributed by atoms with van der Waals surface area (Å²) in [6, 6.07) is 37.3. The molecule has 8 nitrogen and oxygen atoms in total. The number of para-hydroxylation sites is 2. The molecule has 0 bridgehead atoms. The Morgan fingerprint density at radius 2 is 1.34 bits per heavy atom. The molecular formula is C34H33O8PSe. The van der Waals surface area contributed by atoms with Crippen LogP contribution >= 0.6 is 7.82 Å². The van der Waals surface area contributed by atoms with Gasteiger partial charge in [0.1, 0.15) is 0 Å². The van der Waals surface area contributed by atoms with E-state index in [-0.39, 0.29) is 28.2 Å². The number of ether oxygens (including phenoxy) is 4. The number of phosphoric ester groups is 1. The molecule has 2 fully saturated rings. The van der Waals surface area contributed by atoms with Crippen molar-refractivity contribution in [3.05, 3.63) is 140 Å². The van der Waals surface area contributed by atoms with Gasteiger partial charge in [-0.05, 0) is 0 Å². The summed E-state index contributed by atoms with van der Waals surface area (Å²) in [7, 11) is -4.33. The van der Waals surface area contributed by atoms with Crippen LogP contribution in [0.1, 0.15) is 11.9 Å². The van der Waals surface area contributed by atoms with E-state index in [1.165, 1.54) is 0 Å². The molecule has 228 valence electrons. The minimum absolute atomic E-state index is 0.211. The van der Waals surface area contributed by atoms with E-state index in [1.54, 1.807) is 54.6 Å². The number of hydrogen-bond donors (Lipinski definition) is 0. The molecule has 6 atom stereocenters. The quantitative estimate of drug-likeness (QED) is 0.101. The fourth-order valence-electron chi connectivity index (χ4n) is 4.97. The summed E-state index contributed by atoms with van der Waals surface area (Å²) in [6.07, 6.45) is -1.66. The summed E-state index contributed by atoms with van der Waals surface area (Å²) in [5.41, 5.74) is 0.868. The third-order valence-electron chi connectivity index (χ3n) is 6.93. The van der Waals surface area contributed by atoms with Crippen LogP contribution in [-0.2, 0) is 28.0 Å². The normalized spacial score (nSPS) is 25.0. The third-order valence-corrected chi connectivity index (χ3v) is 10.7. The number of rotatable bonds is 12. The van der Waals surface area contributed by atoms with Crippen molar-refractivity contribution in [3.8, 4) is 11.5 Å². The van der Waals surface area contributed by atoms with Gasteiger partial charge in [0.2, 0.25) is 0 Å². The first-order chi connectivity index (χ1) is 21.6. The van der Waals surface area contributed by atoms with Crippen LogP contribution < -0.4 is 13.5 Å². The Balaban J connectivity index is 1.36. The second-order valence-corrected chi connectivity index (χ2v) is 14.0. The van der Waals surface area contributed by atoms with Gasteiger partial charge in [-0.15, -0.1) is 0 Å². The van der Waals surface area contributed by atoms with Crippen LogP contribution in [0.4, 0.5) is 0 Å². The molecular weight excluding hydrogens is 646 g/mol. The Hall–Kier alpha value is -3.23. The van der Waals surface area contributed by atoms with Gasteiger partial charge in [0.25, 0.3) is 0 Å². The maximum atomic E-state index is 14.6. The zero-order valence-corrected chi connectivity index (χ0v) is 26.4. The van der Waals surface area contributed by atoms with Gasteiger partial charge in [-0.2, -0.15) is 0 Å². The van der Waals surface area contributed by atoms with Crippen molar-refractivity contribution < 1.29 is 37.1 Å². The summed E-state index contributed by atoms with van der Waals surface area (Å²) >= 11 is -0.284. The molecule has 0 spiro atoms. The van der Waals surface area contributed by atoms with Crippen LogP contribution in [0.2, 0.25) is 0 Å². The van der Waals surface area contributed by atoms with Gasteiger partial charge >= 0.3 is 264 Å². The molecule has 0 unspecified atom stereocenters. The molecule has 44 heavy (non-hydrogen) atoms. The van der Waals surface area contributed by atoms with E-state index in [2.05, 4.69) is 6.58 Å². The van der Waals surface area contributed by atoms with E-state index in [4.69, 9.17) is 32.5 Å². The zero-order valence-electron chi connectivity index (χ0n) is 23.8. The van der Waals surface area contributed by atoms with Crippen LogP contribution in [0.25, 0.3) is 0 Å². The predicted octanol–water partition coefficient (Wildman–Crippen LogP) is 6.08. The number of hydrogen-bond acceptors (Lipinski definition) is 8. The summed E-state index contributed by atoms with van der Waals surface area (Å²) < 4.78 is 59.9. The van der Waals surface area contributed by atoms with E-state index in [0.717, 1.165) is 10.0 Å². The van der Waals surface area contributed by atoms with Crippen molar-refractivity contribution in [2.24, 2.45) is 0 Å². The van der Waals surface area contributed by atoms with Crippen molar-refractivity contribution >= 4 is 27.2 Å². The molecule has 0 saturated carbocycles. The van der Waals surface area contributed by atoms with E-state index in [9.17, 15) is 4.57 Å². The third kappa shape index (κ3) is 7.70. The Morgan fingerprint density at radius 3 is 1.93 bits per heavy atom. The van der Waals surface area contributed by atoms with Crippen LogP contribution in [-0.4, -0.2) is 57.6 Å². The predicted molar refractivity (Wildman–Crippen MR) is 167 cm³/mol. The molecule has 0 N–H and O–H groups in total. The summed E-state index contributed by atoms with van der Waals surface area (Å²) in [4.78, 5) is 0. The van der Waals surface area contributed by atoms with E-state index >= 15 is 0 Å². The molecule has 10 heteroatoms. The topological polar surface area (TPSA) is 81.7 Å². The number of benzene rings is 4. The summed E-state index contributed by atoms with van der Waals surface area (Å²) in [6.45, 7) is 4.34. The number of fused-ring (bicyclic) bond motifs is 1. The Bertz CT molecular complexity index is 1470. The first-order valence-corrected chi connectivity index (χ1v) is 17.6. The molecule has 4 aromatic carbocycles. The van der Waals surface area contributed by atoms with E-state index < -0.39 is 43.5 Å². The van der Waals surface area contributed by atoms with E-state index in [0.29, 0.717) is 11.5 Å². The summed E-state index contributed by atoms with van der Waals surface area (Å²) in [5, 5.41) is -0.548. The molecule has 0 aliphatic carbocycles. The Labute approximate surface area is 263 Å². The SMILES string of the molecule is C=CCO[C@@H]1[C@@H](OP(=O)(Oc2ccccc2)Oc2ccccc2)[C@H]([Se]c2ccccc2)O[C@@H]2CO[C@@H](c3ccccc3)O[C@@H]12. The zero-order chi connectivity index (χ0) is 30.2. The minimum atomic E-state index is -4.33. The van der Waals surface area contributed by atoms with Crippen molar-refractivity contribution in [1.82, 2.24) is 0 Å². The Morgan fingerprint density at radius 1 is 0.773 bits per heavy atom. The molecule has 0 aromatic heterocycles. The van der Waals surface area contributed by atoms with Gasteiger partial charge < -0.3 is 0 Å². The first-order valence-electron chi connectivity index (χ1n) is 14.3. The molecule has 2 saturated heterocycles. The average molecular weight is 680 g/mol. The standard InChI is InChI=1S/C34H33O8PSe/c1-2-23-36-31-30-29(24-37-33(39-30)25-15-7-3-8-16-25)38-34(44-28-21-13-6-14-22-28)32(31)42-43(35,40-26-17-9-4-10-18-26)41-27-19-11-5-12-20-27/h2-22,29-34H,1,23-24H2/t29-,30-,31+,32-,33-,34+/m1/s1. The monoisotopic (exact) mass is 680 g/mol. The summed E-state index contributed by atoms with van der Waals surface area (Å²) in [5.74, 6) is 0.669. The molecule has 0 radical (unpaired) electrons. The van der Waals surface area contributed by atoms with Gasteiger partial charge in [-0.3, -0.25) is 0 Å². The molecule has 6 rings (SSSR count). The maximum absolute atomic E-state index is 14.6. The van der Waals surface area contributed by atoms with Crippen molar-refractivity contribution in [1.29, 1.82) is 0 Å². The van der Waals surface area contributed by atoms with Gasteiger partial charge in [0, 0.05) is 0 Å². The fraction of sp³-hybridized carbons (Fsp3) is 0.235. The molecule has 2 aliphatic rings. The molecule has 2 aliphatic heterocycles. The van der Waals surface area contributed by atoms with Crippen LogP contribution in [0, 0.1) is 0 Å². The Kier molecular flexibility index (Phi) is 10.3.